The molecule has 2 unspecified atom stereocenters. The Bertz CT molecular complexity index is 615. The van der Waals surface area contributed by atoms with Crippen molar-refractivity contribution < 1.29 is 8.42 Å². The minimum atomic E-state index is -3.44. The summed E-state index contributed by atoms with van der Waals surface area (Å²) in [6.45, 7) is 5.15. The summed E-state index contributed by atoms with van der Waals surface area (Å²) < 4.78 is 31.4. The van der Waals surface area contributed by atoms with E-state index in [-0.39, 0.29) is 6.04 Å². The van der Waals surface area contributed by atoms with Crippen LogP contribution in [0, 0.1) is 5.92 Å². The van der Waals surface area contributed by atoms with Gasteiger partial charge in [0, 0.05) is 52.2 Å². The fourth-order valence-corrected chi connectivity index (χ4v) is 5.30. The van der Waals surface area contributed by atoms with Gasteiger partial charge in [0.1, 0.15) is 5.82 Å². The molecule has 0 bridgehead atoms. The van der Waals surface area contributed by atoms with Gasteiger partial charge < -0.3 is 9.88 Å². The molecule has 1 aromatic rings. The number of piperidine rings is 1. The summed E-state index contributed by atoms with van der Waals surface area (Å²) in [6.07, 6.45) is 5.63. The highest BCUT2D eigenvalue weighted by Crippen LogP contribution is 2.28. The Kier molecular flexibility index (Phi) is 4.54. The van der Waals surface area contributed by atoms with Crippen LogP contribution in [0.4, 0.5) is 0 Å². The zero-order valence-corrected chi connectivity index (χ0v) is 14.1. The monoisotopic (exact) mass is 327 g/mol. The van der Waals surface area contributed by atoms with E-state index in [2.05, 4.69) is 17.2 Å². The molecule has 2 fully saturated rings. The maximum Gasteiger partial charge on any atom is 0.282 e. The fraction of sp³-hybridized carbons (Fsp3) is 0.786. The zero-order chi connectivity index (χ0) is 15.7. The molecule has 0 spiro atoms. The van der Waals surface area contributed by atoms with Crippen molar-refractivity contribution in [1.82, 2.24) is 23.5 Å². The number of hydrogen-bond donors (Lipinski definition) is 1. The highest BCUT2D eigenvalue weighted by Gasteiger charge is 2.39. The molecule has 3 heterocycles. The van der Waals surface area contributed by atoms with Gasteiger partial charge >= 0.3 is 0 Å². The van der Waals surface area contributed by atoms with Gasteiger partial charge in [0.2, 0.25) is 0 Å². The lowest BCUT2D eigenvalue weighted by Gasteiger charge is -2.39. The summed E-state index contributed by atoms with van der Waals surface area (Å²) in [4.78, 5) is 4.36. The topological polar surface area (TPSA) is 70.5 Å². The Morgan fingerprint density at radius 2 is 2.18 bits per heavy atom. The molecule has 2 atom stereocenters. The van der Waals surface area contributed by atoms with E-state index in [1.54, 1.807) is 14.8 Å². The third-order valence-electron chi connectivity index (χ3n) is 4.59. The van der Waals surface area contributed by atoms with Gasteiger partial charge in [-0.05, 0) is 18.8 Å². The maximum absolute atomic E-state index is 13.1. The Balaban J connectivity index is 1.88. The first kappa shape index (κ1) is 15.9. The van der Waals surface area contributed by atoms with Gasteiger partial charge in [-0.15, -0.1) is 0 Å². The number of imidazole rings is 1. The smallest absolute Gasteiger partial charge is 0.282 e. The molecule has 0 radical (unpaired) electrons. The SMILES string of the molecule is CC1CCCN(S(=O)(=O)N2CCNCC2c2nccn2C)C1. The van der Waals surface area contributed by atoms with E-state index in [4.69, 9.17) is 0 Å². The second-order valence-corrected chi connectivity index (χ2v) is 8.22. The summed E-state index contributed by atoms with van der Waals surface area (Å²) in [5.74, 6) is 1.22. The average molecular weight is 327 g/mol. The van der Waals surface area contributed by atoms with Gasteiger partial charge in [-0.1, -0.05) is 6.92 Å². The van der Waals surface area contributed by atoms with Gasteiger partial charge in [-0.2, -0.15) is 17.0 Å². The number of aromatic nitrogens is 2. The fourth-order valence-electron chi connectivity index (χ4n) is 3.38. The van der Waals surface area contributed by atoms with Crippen molar-refractivity contribution in [3.05, 3.63) is 18.2 Å². The van der Waals surface area contributed by atoms with Gasteiger partial charge in [0.15, 0.2) is 0 Å². The molecule has 0 aliphatic carbocycles. The van der Waals surface area contributed by atoms with Crippen molar-refractivity contribution in [2.24, 2.45) is 13.0 Å². The minimum Gasteiger partial charge on any atom is -0.337 e. The summed E-state index contributed by atoms with van der Waals surface area (Å²) in [6, 6.07) is -0.240. The van der Waals surface area contributed by atoms with Crippen LogP contribution in [0.5, 0.6) is 0 Å². The van der Waals surface area contributed by atoms with Crippen molar-refractivity contribution in [2.75, 3.05) is 32.7 Å². The summed E-state index contributed by atoms with van der Waals surface area (Å²) >= 11 is 0. The molecule has 0 saturated carbocycles. The second kappa shape index (κ2) is 6.27. The van der Waals surface area contributed by atoms with Crippen LogP contribution in [0.25, 0.3) is 0 Å². The van der Waals surface area contributed by atoms with E-state index in [9.17, 15) is 8.42 Å². The summed E-state index contributed by atoms with van der Waals surface area (Å²) in [5, 5.41) is 3.29. The summed E-state index contributed by atoms with van der Waals surface area (Å²) in [5.41, 5.74) is 0. The van der Waals surface area contributed by atoms with Crippen LogP contribution >= 0.6 is 0 Å². The number of hydrogen-bond acceptors (Lipinski definition) is 4. The lowest BCUT2D eigenvalue weighted by Crippen LogP contribution is -2.55. The third-order valence-corrected chi connectivity index (χ3v) is 6.61. The molecule has 7 nitrogen and oxygen atoms in total. The lowest BCUT2D eigenvalue weighted by molar-refractivity contribution is 0.213. The highest BCUT2D eigenvalue weighted by molar-refractivity contribution is 7.86. The molecule has 22 heavy (non-hydrogen) atoms. The Hall–Kier alpha value is -0.960. The van der Waals surface area contributed by atoms with Crippen molar-refractivity contribution in [1.29, 1.82) is 0 Å². The molecule has 2 aliphatic rings. The van der Waals surface area contributed by atoms with E-state index in [1.807, 2.05) is 17.8 Å². The van der Waals surface area contributed by atoms with Gasteiger partial charge in [0.25, 0.3) is 10.2 Å². The van der Waals surface area contributed by atoms with Crippen LogP contribution in [-0.2, 0) is 17.3 Å². The number of nitrogens with zero attached hydrogens (tertiary/aromatic N) is 4. The number of aryl methyl sites for hydroxylation is 1. The minimum absolute atomic E-state index is 0.240. The Morgan fingerprint density at radius 1 is 1.36 bits per heavy atom. The van der Waals surface area contributed by atoms with Crippen molar-refractivity contribution in [3.8, 4) is 0 Å². The molecule has 0 aromatic carbocycles. The van der Waals surface area contributed by atoms with Crippen LogP contribution in [0.3, 0.4) is 0 Å². The highest BCUT2D eigenvalue weighted by atomic mass is 32.2. The number of piperazine rings is 1. The second-order valence-electron chi connectivity index (χ2n) is 6.34. The van der Waals surface area contributed by atoms with Gasteiger partial charge in [-0.3, -0.25) is 0 Å². The van der Waals surface area contributed by atoms with E-state index in [0.717, 1.165) is 18.7 Å². The van der Waals surface area contributed by atoms with Crippen LogP contribution in [0.15, 0.2) is 12.4 Å². The van der Waals surface area contributed by atoms with Crippen molar-refractivity contribution in [3.63, 3.8) is 0 Å². The van der Waals surface area contributed by atoms with Gasteiger partial charge in [-0.25, -0.2) is 4.98 Å². The van der Waals surface area contributed by atoms with Crippen LogP contribution < -0.4 is 5.32 Å². The first-order valence-electron chi connectivity index (χ1n) is 7.95. The Morgan fingerprint density at radius 3 is 2.86 bits per heavy atom. The maximum atomic E-state index is 13.1. The van der Waals surface area contributed by atoms with Crippen LogP contribution in [-0.4, -0.2) is 59.3 Å². The van der Waals surface area contributed by atoms with Gasteiger partial charge in [0.05, 0.1) is 6.04 Å². The molecule has 0 amide bonds. The van der Waals surface area contributed by atoms with Crippen molar-refractivity contribution in [2.45, 2.75) is 25.8 Å². The molecule has 1 N–H and O–H groups in total. The number of nitrogens with one attached hydrogen (secondary N) is 1. The molecular weight excluding hydrogens is 302 g/mol. The molecule has 2 saturated heterocycles. The normalized spacial score (nSPS) is 28.8. The molecule has 2 aliphatic heterocycles. The molecule has 8 heteroatoms. The summed E-state index contributed by atoms with van der Waals surface area (Å²) in [7, 11) is -1.53. The Labute approximate surface area is 132 Å². The predicted molar refractivity (Wildman–Crippen MR) is 84.4 cm³/mol. The lowest BCUT2D eigenvalue weighted by atomic mass is 10.0. The largest absolute Gasteiger partial charge is 0.337 e. The van der Waals surface area contributed by atoms with Crippen molar-refractivity contribution >= 4 is 10.2 Å². The molecular formula is C14H25N5O2S. The first-order valence-corrected chi connectivity index (χ1v) is 9.34. The average Bonchev–Trinajstić information content (AvgIpc) is 2.93. The molecule has 3 rings (SSSR count). The molecule has 1 aromatic heterocycles. The van der Waals surface area contributed by atoms with Crippen LogP contribution in [0.1, 0.15) is 31.6 Å². The van der Waals surface area contributed by atoms with E-state index < -0.39 is 10.2 Å². The standard InChI is InChI=1S/C14H25N5O2S/c1-12-4-3-7-18(11-12)22(20,21)19-9-5-15-10-13(19)14-16-6-8-17(14)2/h6,8,12-13,15H,3-5,7,9-11H2,1-2H3. The van der Waals surface area contributed by atoms with E-state index in [0.29, 0.717) is 38.6 Å². The quantitative estimate of drug-likeness (QED) is 0.869. The third kappa shape index (κ3) is 2.92. The van der Waals surface area contributed by atoms with E-state index in [1.165, 1.54) is 0 Å². The zero-order valence-electron chi connectivity index (χ0n) is 13.3. The number of rotatable bonds is 3. The van der Waals surface area contributed by atoms with E-state index >= 15 is 0 Å². The van der Waals surface area contributed by atoms with Crippen LogP contribution in [0.2, 0.25) is 0 Å². The predicted octanol–water partition coefficient (Wildman–Crippen LogP) is 0.343. The molecule has 124 valence electrons. The first-order chi connectivity index (χ1) is 10.5.